The standard InChI is InChI=1S/C21H33NO3/c1-7-9-10-17(22-6)21(18(23)13-15(3)4)16(5)11-12-20-19(8-2)24-14-25-20/h7-8,12,15-16,21H,1,9-11,13-14H2,2-6H3. The second kappa shape index (κ2) is 10.9. The van der Waals surface area contributed by atoms with E-state index in [9.17, 15) is 4.79 Å². The minimum atomic E-state index is -0.152. The van der Waals surface area contributed by atoms with Crippen molar-refractivity contribution >= 4 is 11.5 Å². The highest BCUT2D eigenvalue weighted by Crippen LogP contribution is 2.27. The van der Waals surface area contributed by atoms with Crippen LogP contribution in [0.2, 0.25) is 0 Å². The Morgan fingerprint density at radius 3 is 2.52 bits per heavy atom. The Kier molecular flexibility index (Phi) is 9.25. The molecule has 0 radical (unpaired) electrons. The molecule has 140 valence electrons. The summed E-state index contributed by atoms with van der Waals surface area (Å²) in [6.07, 6.45) is 8.76. The average Bonchev–Trinajstić information content (AvgIpc) is 3.03. The third-order valence-electron chi connectivity index (χ3n) is 4.39. The molecule has 0 bridgehead atoms. The molecule has 0 saturated carbocycles. The minimum absolute atomic E-state index is 0.152. The monoisotopic (exact) mass is 347 g/mol. The van der Waals surface area contributed by atoms with Crippen LogP contribution in [0.5, 0.6) is 0 Å². The predicted molar refractivity (Wildman–Crippen MR) is 103 cm³/mol. The summed E-state index contributed by atoms with van der Waals surface area (Å²) in [5.41, 5.74) is 0.978. The molecule has 2 atom stereocenters. The topological polar surface area (TPSA) is 47.9 Å². The Balaban J connectivity index is 2.94. The molecule has 1 fully saturated rings. The maximum atomic E-state index is 12.9. The van der Waals surface area contributed by atoms with Crippen molar-refractivity contribution < 1.29 is 14.3 Å². The number of allylic oxidation sites excluding steroid dienone is 3. The van der Waals surface area contributed by atoms with Crippen molar-refractivity contribution in [3.8, 4) is 0 Å². The zero-order chi connectivity index (χ0) is 18.8. The number of hydrogen-bond donors (Lipinski definition) is 0. The van der Waals surface area contributed by atoms with E-state index in [1.807, 2.05) is 25.2 Å². The normalized spacial score (nSPS) is 20.5. The van der Waals surface area contributed by atoms with Gasteiger partial charge in [-0.1, -0.05) is 26.8 Å². The zero-order valence-electron chi connectivity index (χ0n) is 16.4. The molecule has 0 spiro atoms. The van der Waals surface area contributed by atoms with E-state index >= 15 is 0 Å². The quantitative estimate of drug-likeness (QED) is 0.409. The number of hydrogen-bond acceptors (Lipinski definition) is 4. The second-order valence-electron chi connectivity index (χ2n) is 6.93. The first-order valence-corrected chi connectivity index (χ1v) is 9.16. The molecular formula is C21H33NO3. The lowest BCUT2D eigenvalue weighted by Gasteiger charge is -2.24. The smallest absolute Gasteiger partial charge is 0.231 e. The van der Waals surface area contributed by atoms with Gasteiger partial charge in [-0.15, -0.1) is 6.58 Å². The molecule has 0 aromatic heterocycles. The van der Waals surface area contributed by atoms with Crippen molar-refractivity contribution in [1.29, 1.82) is 0 Å². The van der Waals surface area contributed by atoms with E-state index in [1.165, 1.54) is 0 Å². The molecule has 0 aromatic carbocycles. The van der Waals surface area contributed by atoms with Gasteiger partial charge in [0.15, 0.2) is 11.5 Å². The summed E-state index contributed by atoms with van der Waals surface area (Å²) in [6, 6.07) is 0. The van der Waals surface area contributed by atoms with Crippen LogP contribution in [-0.2, 0) is 14.3 Å². The number of ketones is 1. The Labute approximate surface area is 152 Å². The maximum absolute atomic E-state index is 12.9. The van der Waals surface area contributed by atoms with Crippen molar-refractivity contribution in [2.75, 3.05) is 13.8 Å². The molecule has 1 saturated heterocycles. The molecule has 25 heavy (non-hydrogen) atoms. The highest BCUT2D eigenvalue weighted by atomic mass is 16.7. The van der Waals surface area contributed by atoms with Crippen LogP contribution < -0.4 is 0 Å². The van der Waals surface area contributed by atoms with E-state index in [4.69, 9.17) is 9.47 Å². The fraction of sp³-hybridized carbons (Fsp3) is 0.619. The van der Waals surface area contributed by atoms with Crippen molar-refractivity contribution in [3.05, 3.63) is 36.3 Å². The molecule has 1 aliphatic rings. The fourth-order valence-corrected chi connectivity index (χ4v) is 3.13. The Hall–Kier alpha value is -1.84. The summed E-state index contributed by atoms with van der Waals surface area (Å²) >= 11 is 0. The Morgan fingerprint density at radius 1 is 1.28 bits per heavy atom. The predicted octanol–water partition coefficient (Wildman–Crippen LogP) is 5.07. The molecule has 0 aromatic rings. The third-order valence-corrected chi connectivity index (χ3v) is 4.39. The van der Waals surface area contributed by atoms with Crippen LogP contribution in [-0.4, -0.2) is 25.3 Å². The zero-order valence-corrected chi connectivity index (χ0v) is 16.4. The van der Waals surface area contributed by atoms with E-state index in [2.05, 4.69) is 32.3 Å². The van der Waals surface area contributed by atoms with Crippen molar-refractivity contribution in [2.45, 2.75) is 53.4 Å². The van der Waals surface area contributed by atoms with E-state index in [-0.39, 0.29) is 24.4 Å². The van der Waals surface area contributed by atoms with Gasteiger partial charge in [-0.05, 0) is 50.2 Å². The lowest BCUT2D eigenvalue weighted by molar-refractivity contribution is -0.122. The first kappa shape index (κ1) is 21.2. The van der Waals surface area contributed by atoms with Crippen LogP contribution in [0.25, 0.3) is 0 Å². The first-order valence-electron chi connectivity index (χ1n) is 9.16. The SMILES string of the molecule is C=CCCC(=NC)C(C(=O)CC(C)C)C(C)CC=C1OCOC1=CC. The van der Waals surface area contributed by atoms with Gasteiger partial charge < -0.3 is 9.47 Å². The van der Waals surface area contributed by atoms with Gasteiger partial charge in [-0.25, -0.2) is 0 Å². The summed E-state index contributed by atoms with van der Waals surface area (Å²) < 4.78 is 10.9. The van der Waals surface area contributed by atoms with Gasteiger partial charge in [0, 0.05) is 19.2 Å². The molecule has 0 aliphatic carbocycles. The summed E-state index contributed by atoms with van der Waals surface area (Å²) in [5, 5.41) is 0. The van der Waals surface area contributed by atoms with Crippen LogP contribution >= 0.6 is 0 Å². The fourth-order valence-electron chi connectivity index (χ4n) is 3.13. The average molecular weight is 347 g/mol. The molecule has 1 heterocycles. The maximum Gasteiger partial charge on any atom is 0.231 e. The second-order valence-corrected chi connectivity index (χ2v) is 6.93. The number of Topliss-reactive ketones (excluding diaryl/α,β-unsaturated/α-hetero) is 1. The van der Waals surface area contributed by atoms with Crippen LogP contribution in [0.3, 0.4) is 0 Å². The molecule has 1 rings (SSSR count). The largest absolute Gasteiger partial charge is 0.454 e. The van der Waals surface area contributed by atoms with Crippen LogP contribution in [0.4, 0.5) is 0 Å². The van der Waals surface area contributed by atoms with Gasteiger partial charge in [0.1, 0.15) is 5.78 Å². The number of carbonyl (C=O) groups is 1. The molecule has 1 aliphatic heterocycles. The van der Waals surface area contributed by atoms with Crippen LogP contribution in [0.15, 0.2) is 41.3 Å². The lowest BCUT2D eigenvalue weighted by Crippen LogP contribution is -2.31. The van der Waals surface area contributed by atoms with Gasteiger partial charge in [-0.3, -0.25) is 9.79 Å². The van der Waals surface area contributed by atoms with E-state index in [0.717, 1.165) is 36.5 Å². The Morgan fingerprint density at radius 2 is 1.96 bits per heavy atom. The summed E-state index contributed by atoms with van der Waals surface area (Å²) in [5.74, 6) is 2.17. The Bertz CT molecular complexity index is 543. The van der Waals surface area contributed by atoms with Gasteiger partial charge >= 0.3 is 0 Å². The number of ether oxygens (including phenoxy) is 2. The van der Waals surface area contributed by atoms with E-state index in [1.54, 1.807) is 7.05 Å². The number of aliphatic imine (C=N–C) groups is 1. The first-order chi connectivity index (χ1) is 11.9. The number of nitrogens with zero attached hydrogens (tertiary/aromatic N) is 1. The highest BCUT2D eigenvalue weighted by molar-refractivity contribution is 6.05. The molecule has 0 amide bonds. The lowest BCUT2D eigenvalue weighted by atomic mass is 9.79. The van der Waals surface area contributed by atoms with Gasteiger partial charge in [0.25, 0.3) is 0 Å². The molecule has 0 N–H and O–H groups in total. The third kappa shape index (κ3) is 6.52. The van der Waals surface area contributed by atoms with E-state index in [0.29, 0.717) is 12.3 Å². The van der Waals surface area contributed by atoms with E-state index < -0.39 is 0 Å². The van der Waals surface area contributed by atoms with Crippen molar-refractivity contribution in [3.63, 3.8) is 0 Å². The summed E-state index contributed by atoms with van der Waals surface area (Å²) in [6.45, 7) is 12.2. The van der Waals surface area contributed by atoms with Gasteiger partial charge in [0.05, 0.1) is 5.92 Å². The molecule has 4 heteroatoms. The highest BCUT2D eigenvalue weighted by Gasteiger charge is 2.29. The molecule has 4 nitrogen and oxygen atoms in total. The summed E-state index contributed by atoms with van der Waals surface area (Å²) in [4.78, 5) is 17.3. The van der Waals surface area contributed by atoms with Gasteiger partial charge in [0.2, 0.25) is 6.79 Å². The van der Waals surface area contributed by atoms with Crippen LogP contribution in [0, 0.1) is 17.8 Å². The number of carbonyl (C=O) groups excluding carboxylic acids is 1. The summed E-state index contributed by atoms with van der Waals surface area (Å²) in [7, 11) is 1.78. The minimum Gasteiger partial charge on any atom is -0.454 e. The molecular weight excluding hydrogens is 314 g/mol. The molecule has 2 unspecified atom stereocenters. The van der Waals surface area contributed by atoms with Crippen LogP contribution in [0.1, 0.15) is 53.4 Å². The van der Waals surface area contributed by atoms with Crippen molar-refractivity contribution in [2.24, 2.45) is 22.7 Å². The van der Waals surface area contributed by atoms with Crippen molar-refractivity contribution in [1.82, 2.24) is 0 Å². The number of rotatable bonds is 10. The van der Waals surface area contributed by atoms with Gasteiger partial charge in [-0.2, -0.15) is 0 Å².